The van der Waals surface area contributed by atoms with Gasteiger partial charge in [-0.3, -0.25) is 9.59 Å². The molecule has 1 rings (SSSR count). The molecule has 0 fully saturated rings. The largest absolute Gasteiger partial charge is 0.466 e. The molecule has 0 aliphatic rings. The number of nitrogens with one attached hydrogen (secondary N) is 1. The van der Waals surface area contributed by atoms with Crippen molar-refractivity contribution in [3.05, 3.63) is 42.1 Å². The topological polar surface area (TPSA) is 64.6 Å². The van der Waals surface area contributed by atoms with Gasteiger partial charge in [-0.25, -0.2) is 0 Å². The summed E-state index contributed by atoms with van der Waals surface area (Å²) in [7, 11) is 0. The Bertz CT molecular complexity index is 480. The van der Waals surface area contributed by atoms with Gasteiger partial charge < -0.3 is 14.8 Å². The molecule has 5 heteroatoms. The van der Waals surface area contributed by atoms with Crippen molar-refractivity contribution in [2.75, 3.05) is 18.5 Å². The lowest BCUT2D eigenvalue weighted by atomic mass is 10.1. The van der Waals surface area contributed by atoms with Crippen LogP contribution in [-0.2, 0) is 25.5 Å². The molecule has 0 aromatic heterocycles. The quantitative estimate of drug-likeness (QED) is 0.589. The second-order valence-corrected chi connectivity index (χ2v) is 4.26. The molecular weight excluding hydrogens is 270 g/mol. The van der Waals surface area contributed by atoms with E-state index in [1.165, 1.54) is 5.56 Å². The highest BCUT2D eigenvalue weighted by molar-refractivity contribution is 5.91. The molecule has 0 saturated heterocycles. The van der Waals surface area contributed by atoms with Crippen LogP contribution >= 0.6 is 0 Å². The van der Waals surface area contributed by atoms with Gasteiger partial charge in [0.05, 0.1) is 6.61 Å². The molecule has 0 aliphatic heterocycles. The van der Waals surface area contributed by atoms with Crippen LogP contribution in [0.4, 0.5) is 5.69 Å². The van der Waals surface area contributed by atoms with Crippen LogP contribution in [0, 0.1) is 0 Å². The van der Waals surface area contributed by atoms with Crippen LogP contribution in [0.15, 0.2) is 36.5 Å². The fraction of sp³-hybridized carbons (Fsp3) is 0.375. The van der Waals surface area contributed by atoms with Crippen molar-refractivity contribution < 1.29 is 19.1 Å². The first-order valence-electron chi connectivity index (χ1n) is 6.97. The molecule has 21 heavy (non-hydrogen) atoms. The minimum atomic E-state index is -0.592. The Labute approximate surface area is 124 Å². The smallest absolute Gasteiger partial charge is 0.317 e. The lowest BCUT2D eigenvalue weighted by molar-refractivity contribution is -0.153. The van der Waals surface area contributed by atoms with Crippen molar-refractivity contribution in [1.29, 1.82) is 0 Å². The van der Waals surface area contributed by atoms with Gasteiger partial charge >= 0.3 is 11.9 Å². The van der Waals surface area contributed by atoms with E-state index in [9.17, 15) is 9.59 Å². The number of anilines is 1. The summed E-state index contributed by atoms with van der Waals surface area (Å²) in [5, 5.41) is 3.07. The highest BCUT2D eigenvalue weighted by Crippen LogP contribution is 2.09. The summed E-state index contributed by atoms with van der Waals surface area (Å²) in [6.07, 6.45) is 4.01. The summed E-state index contributed by atoms with van der Waals surface area (Å²) in [5.74, 6) is -1.16. The van der Waals surface area contributed by atoms with E-state index in [1.807, 2.05) is 12.1 Å². The van der Waals surface area contributed by atoms with Gasteiger partial charge in [-0.15, -0.1) is 0 Å². The fourth-order valence-electron chi connectivity index (χ4n) is 1.56. The zero-order valence-electron chi connectivity index (χ0n) is 12.4. The summed E-state index contributed by atoms with van der Waals surface area (Å²) in [5.41, 5.74) is 2.23. The second-order valence-electron chi connectivity index (χ2n) is 4.26. The van der Waals surface area contributed by atoms with Gasteiger partial charge in [0.1, 0.15) is 13.0 Å². The molecule has 0 saturated carbocycles. The van der Waals surface area contributed by atoms with Crippen LogP contribution in [0.5, 0.6) is 0 Å². The lowest BCUT2D eigenvalue weighted by Crippen LogP contribution is -2.13. The maximum absolute atomic E-state index is 11.3. The highest BCUT2D eigenvalue weighted by atomic mass is 16.6. The van der Waals surface area contributed by atoms with Gasteiger partial charge in [-0.1, -0.05) is 19.1 Å². The molecule has 0 heterocycles. The van der Waals surface area contributed by atoms with Crippen LogP contribution in [0.1, 0.15) is 25.8 Å². The average molecular weight is 291 g/mol. The molecule has 1 aromatic carbocycles. The van der Waals surface area contributed by atoms with E-state index in [1.54, 1.807) is 19.2 Å². The van der Waals surface area contributed by atoms with Gasteiger partial charge in [0.15, 0.2) is 0 Å². The Morgan fingerprint density at radius 1 is 1.10 bits per heavy atom. The van der Waals surface area contributed by atoms with Crippen LogP contribution in [0.3, 0.4) is 0 Å². The number of ether oxygens (including phenoxy) is 2. The maximum Gasteiger partial charge on any atom is 0.317 e. The zero-order valence-corrected chi connectivity index (χ0v) is 12.4. The first-order valence-corrected chi connectivity index (χ1v) is 6.97. The van der Waals surface area contributed by atoms with Gasteiger partial charge in [0.2, 0.25) is 0 Å². The van der Waals surface area contributed by atoms with E-state index in [0.717, 1.165) is 12.1 Å². The Morgan fingerprint density at radius 3 is 2.38 bits per heavy atom. The number of carbonyl (C=O) groups is 2. The maximum atomic E-state index is 11.3. The molecule has 0 unspecified atom stereocenters. The van der Waals surface area contributed by atoms with Crippen molar-refractivity contribution in [2.45, 2.75) is 26.7 Å². The minimum absolute atomic E-state index is 0.109. The molecule has 1 N–H and O–H groups in total. The molecule has 0 radical (unpaired) electrons. The van der Waals surface area contributed by atoms with E-state index >= 15 is 0 Å². The molecule has 0 atom stereocenters. The predicted octanol–water partition coefficient (Wildman–Crippen LogP) is 2.67. The van der Waals surface area contributed by atoms with E-state index in [-0.39, 0.29) is 19.6 Å². The zero-order chi connectivity index (χ0) is 15.5. The molecule has 0 spiro atoms. The summed E-state index contributed by atoms with van der Waals surface area (Å²) in [6, 6.07) is 8.07. The summed E-state index contributed by atoms with van der Waals surface area (Å²) < 4.78 is 9.51. The highest BCUT2D eigenvalue weighted by Gasteiger charge is 2.10. The monoisotopic (exact) mass is 291 g/mol. The van der Waals surface area contributed by atoms with Crippen LogP contribution < -0.4 is 5.32 Å². The van der Waals surface area contributed by atoms with Crippen LogP contribution in [-0.4, -0.2) is 25.2 Å². The molecule has 0 aliphatic carbocycles. The number of rotatable bonds is 8. The number of carbonyl (C=O) groups excluding carboxylic acids is 2. The van der Waals surface area contributed by atoms with Gasteiger partial charge in [0, 0.05) is 11.9 Å². The number of benzene rings is 1. The number of hydrogen-bond acceptors (Lipinski definition) is 5. The third-order valence-electron chi connectivity index (χ3n) is 2.66. The fourth-order valence-corrected chi connectivity index (χ4v) is 1.56. The molecule has 0 bridgehead atoms. The molecular formula is C16H21NO4. The van der Waals surface area contributed by atoms with E-state index < -0.39 is 11.9 Å². The van der Waals surface area contributed by atoms with Gasteiger partial charge in [-0.05, 0) is 37.1 Å². The predicted molar refractivity (Wildman–Crippen MR) is 80.8 cm³/mol. The summed E-state index contributed by atoms with van der Waals surface area (Å²) >= 11 is 0. The summed E-state index contributed by atoms with van der Waals surface area (Å²) in [4.78, 5) is 22.3. The average Bonchev–Trinajstić information content (AvgIpc) is 2.47. The van der Waals surface area contributed by atoms with Gasteiger partial charge in [-0.2, -0.15) is 0 Å². The SMILES string of the molecule is CCOC(=O)CC(=O)OC/C=C/Nc1ccc(CC)cc1. The van der Waals surface area contributed by atoms with E-state index in [0.29, 0.717) is 0 Å². The first-order chi connectivity index (χ1) is 10.2. The minimum Gasteiger partial charge on any atom is -0.466 e. The molecule has 1 aromatic rings. The van der Waals surface area contributed by atoms with Gasteiger partial charge in [0.25, 0.3) is 0 Å². The van der Waals surface area contributed by atoms with Crippen molar-refractivity contribution in [3.8, 4) is 0 Å². The Balaban J connectivity index is 2.22. The Hall–Kier alpha value is -2.30. The lowest BCUT2D eigenvalue weighted by Gasteiger charge is -2.03. The van der Waals surface area contributed by atoms with Crippen molar-refractivity contribution in [1.82, 2.24) is 0 Å². The van der Waals surface area contributed by atoms with E-state index in [4.69, 9.17) is 4.74 Å². The van der Waals surface area contributed by atoms with Crippen molar-refractivity contribution in [3.63, 3.8) is 0 Å². The Kier molecular flexibility index (Phi) is 7.64. The van der Waals surface area contributed by atoms with Crippen molar-refractivity contribution >= 4 is 17.6 Å². The second kappa shape index (κ2) is 9.58. The standard InChI is InChI=1S/C16H21NO4/c1-3-13-6-8-14(9-7-13)17-10-5-11-21-16(19)12-15(18)20-4-2/h5-10,17H,3-4,11-12H2,1-2H3/b10-5+. The third-order valence-corrected chi connectivity index (χ3v) is 2.66. The van der Waals surface area contributed by atoms with Crippen LogP contribution in [0.25, 0.3) is 0 Å². The third kappa shape index (κ3) is 7.15. The van der Waals surface area contributed by atoms with E-state index in [2.05, 4.69) is 29.1 Å². The normalized spacial score (nSPS) is 10.4. The molecule has 114 valence electrons. The number of aryl methyl sites for hydroxylation is 1. The molecule has 0 amide bonds. The number of esters is 2. The Morgan fingerprint density at radius 2 is 1.76 bits per heavy atom. The summed E-state index contributed by atoms with van der Waals surface area (Å²) in [6.45, 7) is 4.16. The van der Waals surface area contributed by atoms with Crippen LogP contribution in [0.2, 0.25) is 0 Å². The first kappa shape index (κ1) is 16.8. The number of hydrogen-bond donors (Lipinski definition) is 1. The molecule has 5 nitrogen and oxygen atoms in total. The van der Waals surface area contributed by atoms with Crippen molar-refractivity contribution in [2.24, 2.45) is 0 Å².